The van der Waals surface area contributed by atoms with Crippen molar-refractivity contribution in [3.63, 3.8) is 0 Å². The Bertz CT molecular complexity index is 1270. The van der Waals surface area contributed by atoms with Crippen molar-refractivity contribution in [1.29, 1.82) is 0 Å². The molecule has 0 aliphatic carbocycles. The minimum absolute atomic E-state index is 0.0864. The van der Waals surface area contributed by atoms with Gasteiger partial charge >= 0.3 is 6.03 Å². The molecule has 0 atom stereocenters. The van der Waals surface area contributed by atoms with Crippen LogP contribution in [0.2, 0.25) is 10.0 Å². The molecule has 2 heterocycles. The summed E-state index contributed by atoms with van der Waals surface area (Å²) in [4.78, 5) is 29.2. The Morgan fingerprint density at radius 3 is 2.51 bits per heavy atom. The molecule has 1 N–H and O–H groups in total. The Hall–Kier alpha value is -2.96. The lowest BCUT2D eigenvalue weighted by atomic mass is 9.87. The van der Waals surface area contributed by atoms with Gasteiger partial charge in [-0.2, -0.15) is 0 Å². The van der Waals surface area contributed by atoms with Crippen LogP contribution in [0.5, 0.6) is 5.75 Å². The quantitative estimate of drug-likeness (QED) is 0.353. The van der Waals surface area contributed by atoms with Crippen molar-refractivity contribution in [1.82, 2.24) is 10.2 Å². The number of urea groups is 1. The maximum atomic E-state index is 13.1. The Labute approximate surface area is 216 Å². The van der Waals surface area contributed by atoms with Gasteiger partial charge in [-0.25, -0.2) is 4.79 Å². The molecule has 6 nitrogen and oxygen atoms in total. The summed E-state index contributed by atoms with van der Waals surface area (Å²) in [5.74, 6) is 0.217. The lowest BCUT2D eigenvalue weighted by Crippen LogP contribution is -2.45. The average Bonchev–Trinajstić information content (AvgIpc) is 3.06. The van der Waals surface area contributed by atoms with Crippen LogP contribution in [-0.4, -0.2) is 36.0 Å². The van der Waals surface area contributed by atoms with Crippen molar-refractivity contribution >= 4 is 52.5 Å². The SMILES string of the molecule is CCCN1c2cc(OC)c(/C=C3/NC(=O)N(Cc4ccc(Cl)c(Cl)c4)C3=O)cc2C(C)=CC1(C)C. The van der Waals surface area contributed by atoms with E-state index in [1.54, 1.807) is 31.4 Å². The van der Waals surface area contributed by atoms with E-state index in [0.717, 1.165) is 40.3 Å². The van der Waals surface area contributed by atoms with E-state index in [2.05, 4.69) is 44.0 Å². The fourth-order valence-electron chi connectivity index (χ4n) is 4.73. The molecular weight excluding hydrogens is 485 g/mol. The van der Waals surface area contributed by atoms with E-state index in [0.29, 0.717) is 21.4 Å². The number of fused-ring (bicyclic) bond motifs is 1. The van der Waals surface area contributed by atoms with E-state index in [1.165, 1.54) is 0 Å². The standard InChI is InChI=1S/C27H29Cl2N3O3/c1-6-9-32-23-13-24(35-5)18(11-19(23)16(2)14-27(32,3)4)12-22-25(33)31(26(34)30-22)15-17-7-8-20(28)21(29)10-17/h7-8,10-14H,6,9,15H2,1-5H3,(H,30,34)/b22-12+. The smallest absolute Gasteiger partial charge is 0.329 e. The molecule has 3 amide bonds. The number of ether oxygens (including phenoxy) is 1. The summed E-state index contributed by atoms with van der Waals surface area (Å²) >= 11 is 12.1. The van der Waals surface area contributed by atoms with E-state index in [9.17, 15) is 9.59 Å². The first-order valence-electron chi connectivity index (χ1n) is 11.5. The third-order valence-electron chi connectivity index (χ3n) is 6.36. The van der Waals surface area contributed by atoms with Crippen molar-refractivity contribution in [2.24, 2.45) is 0 Å². The van der Waals surface area contributed by atoms with Gasteiger partial charge in [0.15, 0.2) is 0 Å². The lowest BCUT2D eigenvalue weighted by molar-refractivity contribution is -0.123. The first-order valence-corrected chi connectivity index (χ1v) is 12.3. The zero-order valence-corrected chi connectivity index (χ0v) is 22.0. The van der Waals surface area contributed by atoms with Gasteiger partial charge in [0.25, 0.3) is 5.91 Å². The van der Waals surface area contributed by atoms with Gasteiger partial charge < -0.3 is 15.0 Å². The summed E-state index contributed by atoms with van der Waals surface area (Å²) in [6.45, 7) is 9.65. The lowest BCUT2D eigenvalue weighted by Gasteiger charge is -2.43. The number of carbonyl (C=O) groups is 2. The van der Waals surface area contributed by atoms with Crippen molar-refractivity contribution in [3.05, 3.63) is 68.8 Å². The number of carbonyl (C=O) groups excluding carboxylic acids is 2. The molecule has 0 bridgehead atoms. The normalized spacial score (nSPS) is 18.0. The highest BCUT2D eigenvalue weighted by Crippen LogP contribution is 2.42. The molecule has 0 unspecified atom stereocenters. The number of allylic oxidation sites excluding steroid dienone is 1. The molecule has 1 saturated heterocycles. The molecule has 0 radical (unpaired) electrons. The second kappa shape index (κ2) is 9.59. The number of benzene rings is 2. The van der Waals surface area contributed by atoms with Crippen LogP contribution in [-0.2, 0) is 11.3 Å². The van der Waals surface area contributed by atoms with Gasteiger partial charge in [0.2, 0.25) is 0 Å². The second-order valence-electron chi connectivity index (χ2n) is 9.37. The number of anilines is 1. The predicted octanol–water partition coefficient (Wildman–Crippen LogP) is 6.51. The summed E-state index contributed by atoms with van der Waals surface area (Å²) in [6, 6.07) is 8.58. The van der Waals surface area contributed by atoms with Crippen LogP contribution in [0.25, 0.3) is 11.6 Å². The van der Waals surface area contributed by atoms with E-state index in [1.807, 2.05) is 12.1 Å². The summed E-state index contributed by atoms with van der Waals surface area (Å²) < 4.78 is 5.71. The maximum absolute atomic E-state index is 13.1. The second-order valence-corrected chi connectivity index (χ2v) is 10.2. The van der Waals surface area contributed by atoms with Gasteiger partial charge in [0, 0.05) is 29.4 Å². The fourth-order valence-corrected chi connectivity index (χ4v) is 5.05. The van der Waals surface area contributed by atoms with Crippen LogP contribution in [0, 0.1) is 0 Å². The Balaban J connectivity index is 1.69. The maximum Gasteiger partial charge on any atom is 0.329 e. The van der Waals surface area contributed by atoms with Crippen LogP contribution in [0.3, 0.4) is 0 Å². The first-order chi connectivity index (χ1) is 16.6. The summed E-state index contributed by atoms with van der Waals surface area (Å²) in [5, 5.41) is 3.48. The first kappa shape index (κ1) is 25.1. The van der Waals surface area contributed by atoms with Gasteiger partial charge in [0.1, 0.15) is 11.4 Å². The number of imide groups is 1. The van der Waals surface area contributed by atoms with E-state index in [-0.39, 0.29) is 17.8 Å². The summed E-state index contributed by atoms with van der Waals surface area (Å²) in [5.41, 5.74) is 4.82. The van der Waals surface area contributed by atoms with Crippen LogP contribution in [0.4, 0.5) is 10.5 Å². The number of halogens is 2. The van der Waals surface area contributed by atoms with Gasteiger partial charge in [0.05, 0.1) is 29.2 Å². The highest BCUT2D eigenvalue weighted by molar-refractivity contribution is 6.42. The molecule has 8 heteroatoms. The van der Waals surface area contributed by atoms with Gasteiger partial charge in [-0.1, -0.05) is 42.3 Å². The Kier molecular flexibility index (Phi) is 6.89. The largest absolute Gasteiger partial charge is 0.496 e. The summed E-state index contributed by atoms with van der Waals surface area (Å²) in [7, 11) is 1.61. The number of nitrogens with zero attached hydrogens (tertiary/aromatic N) is 2. The number of rotatable bonds is 6. The Morgan fingerprint density at radius 2 is 1.86 bits per heavy atom. The molecule has 4 rings (SSSR count). The molecule has 2 aromatic carbocycles. The topological polar surface area (TPSA) is 61.9 Å². The number of hydrogen-bond acceptors (Lipinski definition) is 4. The van der Waals surface area contributed by atoms with Crippen molar-refractivity contribution < 1.29 is 14.3 Å². The van der Waals surface area contributed by atoms with E-state index in [4.69, 9.17) is 27.9 Å². The van der Waals surface area contributed by atoms with E-state index < -0.39 is 11.9 Å². The highest BCUT2D eigenvalue weighted by atomic mass is 35.5. The molecule has 1 fully saturated rings. The molecule has 0 saturated carbocycles. The molecule has 2 aliphatic rings. The summed E-state index contributed by atoms with van der Waals surface area (Å²) in [6.07, 6.45) is 4.94. The number of nitrogens with one attached hydrogen (secondary N) is 1. The van der Waals surface area contributed by atoms with Crippen LogP contribution >= 0.6 is 23.2 Å². The van der Waals surface area contributed by atoms with Crippen molar-refractivity contribution in [3.8, 4) is 5.75 Å². The van der Waals surface area contributed by atoms with Crippen LogP contribution in [0.1, 0.15) is 50.8 Å². The monoisotopic (exact) mass is 513 g/mol. The number of hydrogen-bond donors (Lipinski definition) is 1. The molecule has 184 valence electrons. The molecule has 35 heavy (non-hydrogen) atoms. The molecule has 0 spiro atoms. The van der Waals surface area contributed by atoms with E-state index >= 15 is 0 Å². The zero-order valence-electron chi connectivity index (χ0n) is 20.5. The molecule has 0 aromatic heterocycles. The number of methoxy groups -OCH3 is 1. The molecule has 2 aliphatic heterocycles. The minimum atomic E-state index is -0.490. The van der Waals surface area contributed by atoms with Gasteiger partial charge in [-0.15, -0.1) is 0 Å². The Morgan fingerprint density at radius 1 is 1.11 bits per heavy atom. The fraction of sp³-hybridized carbons (Fsp3) is 0.333. The van der Waals surface area contributed by atoms with Crippen LogP contribution < -0.4 is 15.0 Å². The average molecular weight is 514 g/mol. The minimum Gasteiger partial charge on any atom is -0.496 e. The van der Waals surface area contributed by atoms with Crippen LogP contribution in [0.15, 0.2) is 42.1 Å². The number of amides is 3. The van der Waals surface area contributed by atoms with Gasteiger partial charge in [-0.3, -0.25) is 9.69 Å². The van der Waals surface area contributed by atoms with Crippen molar-refractivity contribution in [2.75, 3.05) is 18.6 Å². The van der Waals surface area contributed by atoms with Gasteiger partial charge in [-0.05, 0) is 62.6 Å². The zero-order chi connectivity index (χ0) is 25.5. The third-order valence-corrected chi connectivity index (χ3v) is 7.10. The molecule has 2 aromatic rings. The molecular formula is C27H29Cl2N3O3. The predicted molar refractivity (Wildman–Crippen MR) is 142 cm³/mol. The van der Waals surface area contributed by atoms with Crippen molar-refractivity contribution in [2.45, 2.75) is 46.2 Å². The highest BCUT2D eigenvalue weighted by Gasteiger charge is 2.35. The third kappa shape index (κ3) is 4.78.